The summed E-state index contributed by atoms with van der Waals surface area (Å²) in [7, 11) is 0. The van der Waals surface area contributed by atoms with Crippen molar-refractivity contribution in [2.75, 3.05) is 0 Å². The van der Waals surface area contributed by atoms with E-state index in [0.717, 1.165) is 80.2 Å². The zero-order chi connectivity index (χ0) is 29.8. The third kappa shape index (κ3) is 12.0. The number of nitriles is 2. The second-order valence-corrected chi connectivity index (χ2v) is 32.0. The number of nitrogens with zero attached hydrogens (tertiary/aromatic N) is 4. The van der Waals surface area contributed by atoms with Crippen molar-refractivity contribution in [2.45, 2.75) is 96.8 Å². The summed E-state index contributed by atoms with van der Waals surface area (Å²) in [5.74, 6) is 0. The molecule has 0 radical (unpaired) electrons. The quantitative estimate of drug-likeness (QED) is 0.0761. The van der Waals surface area contributed by atoms with Gasteiger partial charge in [0.1, 0.15) is 0 Å². The zero-order valence-electron chi connectivity index (χ0n) is 25.3. The third-order valence-electron chi connectivity index (χ3n) is 6.93. The van der Waals surface area contributed by atoms with Gasteiger partial charge in [0.05, 0.1) is 0 Å². The Morgan fingerprint density at radius 1 is 0.585 bits per heavy atom. The fourth-order valence-corrected chi connectivity index (χ4v) is 44.2. The fourth-order valence-electron chi connectivity index (χ4n) is 4.52. The van der Waals surface area contributed by atoms with Crippen LogP contribution < -0.4 is 0 Å². The summed E-state index contributed by atoms with van der Waals surface area (Å²) in [6.45, 7) is 8.70. The molecule has 2 aromatic rings. The maximum atomic E-state index is 9.94. The number of unbranched alkanes of at least 4 members (excludes halogenated alkanes) is 4. The van der Waals surface area contributed by atoms with Gasteiger partial charge in [-0.3, -0.25) is 0 Å². The molecule has 0 unspecified atom stereocenters. The predicted molar refractivity (Wildman–Crippen MR) is 171 cm³/mol. The molecule has 41 heavy (non-hydrogen) atoms. The normalized spacial score (nSPS) is 12.4. The van der Waals surface area contributed by atoms with Crippen LogP contribution in [0.25, 0.3) is 0 Å². The molecule has 0 heterocycles. The monoisotopic (exact) mass is 774 g/mol. The van der Waals surface area contributed by atoms with E-state index in [1.807, 2.05) is 60.7 Å². The van der Waals surface area contributed by atoms with Crippen molar-refractivity contribution >= 4 is 49.8 Å². The van der Waals surface area contributed by atoms with Crippen LogP contribution in [0.15, 0.2) is 71.0 Å². The van der Waals surface area contributed by atoms with Gasteiger partial charge < -0.3 is 0 Å². The molecule has 9 heteroatoms. The molecule has 0 atom stereocenters. The number of hydrogen-bond acceptors (Lipinski definition) is 7. The van der Waals surface area contributed by atoms with Crippen LogP contribution in [0.1, 0.15) is 90.2 Å². The fraction of sp³-hybridized carbons (Fsp3) is 0.500. The molecule has 0 aliphatic rings. The van der Waals surface area contributed by atoms with Crippen LogP contribution in [-0.4, -0.2) is 49.8 Å². The van der Waals surface area contributed by atoms with E-state index in [1.165, 1.54) is 0 Å². The molecule has 2 aromatic carbocycles. The molecule has 2 rings (SSSR count). The Bertz CT molecular complexity index is 1050. The first-order valence-electron chi connectivity index (χ1n) is 15.1. The first-order chi connectivity index (χ1) is 20.0. The average molecular weight is 772 g/mol. The van der Waals surface area contributed by atoms with E-state index >= 15 is 0 Å². The van der Waals surface area contributed by atoms with E-state index in [1.54, 1.807) is 0 Å². The Morgan fingerprint density at radius 2 is 0.902 bits per heavy atom. The molecule has 0 aliphatic heterocycles. The minimum atomic E-state index is -3.96. The summed E-state index contributed by atoms with van der Waals surface area (Å²) in [4.78, 5) is 0. The molecule has 0 aliphatic carbocycles. The van der Waals surface area contributed by atoms with Crippen LogP contribution in [0.3, 0.4) is 0 Å². The first kappa shape index (κ1) is 35.1. The number of benzene rings is 2. The number of rotatable bonds is 20. The third-order valence-corrected chi connectivity index (χ3v) is 38.5. The van der Waals surface area contributed by atoms with Crippen molar-refractivity contribution in [3.63, 3.8) is 0 Å². The van der Waals surface area contributed by atoms with E-state index in [2.05, 4.69) is 50.1 Å². The number of hydrogen-bond donors (Lipinski definition) is 0. The van der Waals surface area contributed by atoms with Gasteiger partial charge in [-0.2, -0.15) is 0 Å². The van der Waals surface area contributed by atoms with Crippen LogP contribution in [0.5, 0.6) is 0 Å². The predicted octanol–water partition coefficient (Wildman–Crippen LogP) is 8.98. The summed E-state index contributed by atoms with van der Waals surface area (Å²) >= 11 is -7.92. The van der Waals surface area contributed by atoms with Gasteiger partial charge in [-0.15, -0.1) is 0 Å². The Labute approximate surface area is 257 Å². The Balaban J connectivity index is 2.60. The SMILES string of the molecule is CCC[CH2][Sn]([CH2]CCC)([O]/N=C(\C#N)c1ccccc1)[O][Sn]([CH2]CCC)([CH2]CCC)[O]/N=C(\C#N)c1ccccc1. The van der Waals surface area contributed by atoms with Crippen molar-refractivity contribution in [1.82, 2.24) is 0 Å². The molecular formula is C32H46N4O3Sn2. The maximum absolute atomic E-state index is 9.94. The van der Waals surface area contributed by atoms with Crippen LogP contribution in [0.4, 0.5) is 0 Å². The van der Waals surface area contributed by atoms with E-state index in [9.17, 15) is 10.5 Å². The van der Waals surface area contributed by atoms with Crippen molar-refractivity contribution < 1.29 is 7.76 Å². The molecule has 0 spiro atoms. The molecule has 220 valence electrons. The van der Waals surface area contributed by atoms with Gasteiger partial charge in [-0.1, -0.05) is 0 Å². The average Bonchev–Trinajstić information content (AvgIpc) is 3.02. The molecule has 0 fully saturated rings. The molecule has 0 bridgehead atoms. The second kappa shape index (κ2) is 19.9. The topological polar surface area (TPSA) is 100.0 Å². The van der Waals surface area contributed by atoms with Crippen molar-refractivity contribution in [2.24, 2.45) is 10.3 Å². The van der Waals surface area contributed by atoms with E-state index < -0.39 is 38.4 Å². The molecular weight excluding hydrogens is 726 g/mol. The van der Waals surface area contributed by atoms with Crippen molar-refractivity contribution in [3.05, 3.63) is 71.8 Å². The second-order valence-electron chi connectivity index (χ2n) is 10.4. The van der Waals surface area contributed by atoms with E-state index in [0.29, 0.717) is 0 Å². The van der Waals surface area contributed by atoms with Gasteiger partial charge in [-0.05, 0) is 0 Å². The van der Waals surface area contributed by atoms with E-state index in [4.69, 9.17) is 7.76 Å². The van der Waals surface area contributed by atoms with Gasteiger partial charge in [0.15, 0.2) is 0 Å². The van der Waals surface area contributed by atoms with E-state index in [-0.39, 0.29) is 11.4 Å². The van der Waals surface area contributed by atoms with Gasteiger partial charge in [0, 0.05) is 0 Å². The van der Waals surface area contributed by atoms with Gasteiger partial charge in [0.25, 0.3) is 0 Å². The summed E-state index contributed by atoms with van der Waals surface area (Å²) in [5.41, 5.74) is 1.99. The van der Waals surface area contributed by atoms with Crippen LogP contribution in [0.2, 0.25) is 17.7 Å². The number of oxime groups is 2. The Kier molecular flexibility index (Phi) is 17.1. The minimum absolute atomic E-state index is 0.265. The summed E-state index contributed by atoms with van der Waals surface area (Å²) < 4.78 is 24.0. The van der Waals surface area contributed by atoms with Crippen LogP contribution in [-0.2, 0) is 7.76 Å². The van der Waals surface area contributed by atoms with Crippen molar-refractivity contribution in [1.29, 1.82) is 10.5 Å². The molecule has 0 amide bonds. The Morgan fingerprint density at radius 3 is 1.17 bits per heavy atom. The molecule has 0 saturated heterocycles. The van der Waals surface area contributed by atoms with Gasteiger partial charge in [0.2, 0.25) is 0 Å². The zero-order valence-corrected chi connectivity index (χ0v) is 31.0. The first-order valence-corrected chi connectivity index (χ1v) is 27.9. The molecule has 7 nitrogen and oxygen atoms in total. The summed E-state index contributed by atoms with van der Waals surface area (Å²) in [5, 5.41) is 28.9. The summed E-state index contributed by atoms with van der Waals surface area (Å²) in [6, 6.07) is 23.4. The molecule has 0 N–H and O–H groups in total. The van der Waals surface area contributed by atoms with Crippen molar-refractivity contribution in [3.8, 4) is 12.1 Å². The molecule has 0 aromatic heterocycles. The standard InChI is InChI=1S/2C8H6N2O.4C4H9.O.2Sn/c2*9-6-8(10-11)7-4-2-1-3-5-7;4*1-3-4-2;;;/h2*1-5,11H;4*1,3-4H2,2H3;;;/q;;;;;;;2*+1/p-2/b2*10-8+;;;;;;;. The van der Waals surface area contributed by atoms with Gasteiger partial charge in [-0.25, -0.2) is 0 Å². The Hall–Kier alpha value is -2.08. The molecule has 0 saturated carbocycles. The van der Waals surface area contributed by atoms with Crippen LogP contribution >= 0.6 is 0 Å². The summed E-state index contributed by atoms with van der Waals surface area (Å²) in [6.07, 6.45) is 7.97. The van der Waals surface area contributed by atoms with Gasteiger partial charge >= 0.3 is 259 Å². The van der Waals surface area contributed by atoms with Crippen LogP contribution in [0, 0.1) is 22.7 Å².